The lowest BCUT2D eigenvalue weighted by molar-refractivity contribution is 0.0967. The van der Waals surface area contributed by atoms with Crippen LogP contribution in [0.5, 0.6) is 0 Å². The van der Waals surface area contributed by atoms with Gasteiger partial charge in [-0.25, -0.2) is 4.98 Å². The normalized spacial score (nSPS) is 11.0. The maximum Gasteiger partial charge on any atom is 0.285 e. The van der Waals surface area contributed by atoms with Crippen LogP contribution < -0.4 is 11.5 Å². The summed E-state index contributed by atoms with van der Waals surface area (Å²) in [6, 6.07) is 8.88. The molecule has 0 bridgehead atoms. The monoisotopic (exact) mass is 353 g/mol. The average Bonchev–Trinajstić information content (AvgIpc) is 3.30. The molecule has 25 heavy (non-hydrogen) atoms. The Labute approximate surface area is 144 Å². The zero-order valence-corrected chi connectivity index (χ0v) is 13.5. The summed E-state index contributed by atoms with van der Waals surface area (Å²) in [4.78, 5) is 27.4. The number of benzene rings is 1. The van der Waals surface area contributed by atoms with Gasteiger partial charge in [0.2, 0.25) is 5.76 Å². The molecule has 0 aliphatic carbocycles. The molecule has 124 valence electrons. The Morgan fingerprint density at radius 3 is 2.24 bits per heavy atom. The summed E-state index contributed by atoms with van der Waals surface area (Å²) >= 11 is 1.39. The second-order valence-corrected chi connectivity index (χ2v) is 6.29. The molecule has 2 amide bonds. The molecule has 8 heteroatoms. The fraction of sp³-hybridized carbons (Fsp3) is 0. The zero-order chi connectivity index (χ0) is 17.6. The Balaban J connectivity index is 1.82. The van der Waals surface area contributed by atoms with Crippen molar-refractivity contribution >= 4 is 33.4 Å². The molecule has 0 fully saturated rings. The van der Waals surface area contributed by atoms with Crippen LogP contribution in [0.25, 0.3) is 31.9 Å². The molecule has 1 aromatic carbocycles. The third kappa shape index (κ3) is 2.48. The van der Waals surface area contributed by atoms with E-state index in [-0.39, 0.29) is 11.5 Å². The summed E-state index contributed by atoms with van der Waals surface area (Å²) in [7, 11) is 0. The first-order valence-corrected chi connectivity index (χ1v) is 8.02. The van der Waals surface area contributed by atoms with Crippen LogP contribution in [0.15, 0.2) is 51.7 Å². The van der Waals surface area contributed by atoms with E-state index in [1.165, 1.54) is 23.9 Å². The number of amides is 2. The molecule has 0 unspecified atom stereocenters. The second kappa shape index (κ2) is 5.60. The number of nitrogens with zero attached hydrogens (tertiary/aromatic N) is 1. The van der Waals surface area contributed by atoms with Gasteiger partial charge in [-0.05, 0) is 29.8 Å². The summed E-state index contributed by atoms with van der Waals surface area (Å²) in [5.74, 6) is -1.10. The van der Waals surface area contributed by atoms with Crippen LogP contribution in [0.2, 0.25) is 0 Å². The van der Waals surface area contributed by atoms with E-state index in [9.17, 15) is 9.59 Å². The summed E-state index contributed by atoms with van der Waals surface area (Å²) in [6.45, 7) is 0. The quantitative estimate of drug-likeness (QED) is 0.583. The number of carbonyl (C=O) groups is 2. The molecule has 0 spiro atoms. The third-order valence-electron chi connectivity index (χ3n) is 3.71. The van der Waals surface area contributed by atoms with Gasteiger partial charge >= 0.3 is 0 Å². The number of primary amides is 2. The summed E-state index contributed by atoms with van der Waals surface area (Å²) in [6.07, 6.45) is 2.82. The van der Waals surface area contributed by atoms with Gasteiger partial charge in [-0.1, -0.05) is 6.07 Å². The van der Waals surface area contributed by atoms with Crippen LogP contribution in [0.3, 0.4) is 0 Å². The van der Waals surface area contributed by atoms with Crippen molar-refractivity contribution in [2.45, 2.75) is 0 Å². The molecule has 0 saturated carbocycles. The van der Waals surface area contributed by atoms with Crippen LogP contribution in [0.4, 0.5) is 0 Å². The number of rotatable bonds is 4. The molecule has 7 nitrogen and oxygen atoms in total. The SMILES string of the molecule is NC(=O)c1occc1-c1ccc2nc(-c3ccoc3C(N)=O)sc2c1. The number of nitrogens with two attached hydrogens (primary N) is 2. The minimum atomic E-state index is -0.649. The number of thiazole rings is 1. The van der Waals surface area contributed by atoms with Crippen molar-refractivity contribution in [3.05, 3.63) is 54.4 Å². The highest BCUT2D eigenvalue weighted by Crippen LogP contribution is 2.35. The Morgan fingerprint density at radius 2 is 1.56 bits per heavy atom. The molecule has 4 aromatic rings. The van der Waals surface area contributed by atoms with Gasteiger partial charge < -0.3 is 20.3 Å². The smallest absolute Gasteiger partial charge is 0.285 e. The first-order chi connectivity index (χ1) is 12.0. The van der Waals surface area contributed by atoms with E-state index < -0.39 is 11.8 Å². The van der Waals surface area contributed by atoms with Crippen molar-refractivity contribution < 1.29 is 18.4 Å². The lowest BCUT2D eigenvalue weighted by Gasteiger charge is -1.99. The van der Waals surface area contributed by atoms with E-state index in [1.54, 1.807) is 12.1 Å². The van der Waals surface area contributed by atoms with Crippen LogP contribution in [-0.2, 0) is 0 Å². The lowest BCUT2D eigenvalue weighted by atomic mass is 10.1. The van der Waals surface area contributed by atoms with E-state index in [0.29, 0.717) is 16.1 Å². The maximum atomic E-state index is 11.4. The molecule has 0 atom stereocenters. The molecule has 3 heterocycles. The lowest BCUT2D eigenvalue weighted by Crippen LogP contribution is -2.10. The molecule has 4 N–H and O–H groups in total. The number of carbonyl (C=O) groups excluding carboxylic acids is 2. The highest BCUT2D eigenvalue weighted by Gasteiger charge is 2.18. The van der Waals surface area contributed by atoms with Crippen molar-refractivity contribution in [1.82, 2.24) is 4.98 Å². The Morgan fingerprint density at radius 1 is 0.920 bits per heavy atom. The Bertz CT molecular complexity index is 1070. The van der Waals surface area contributed by atoms with Gasteiger partial charge in [0.05, 0.1) is 28.3 Å². The molecule has 0 saturated heterocycles. The minimum Gasteiger partial charge on any atom is -0.459 e. The van der Waals surface area contributed by atoms with E-state index in [0.717, 1.165) is 15.8 Å². The predicted molar refractivity (Wildman–Crippen MR) is 92.1 cm³/mol. The van der Waals surface area contributed by atoms with E-state index in [4.69, 9.17) is 20.3 Å². The molecule has 0 aliphatic rings. The molecular weight excluding hydrogens is 342 g/mol. The van der Waals surface area contributed by atoms with Gasteiger partial charge in [-0.2, -0.15) is 0 Å². The molecular formula is C17H11N3O4S. The third-order valence-corrected chi connectivity index (χ3v) is 4.76. The van der Waals surface area contributed by atoms with Crippen molar-refractivity contribution in [1.29, 1.82) is 0 Å². The number of furan rings is 2. The second-order valence-electron chi connectivity index (χ2n) is 5.26. The summed E-state index contributed by atoms with van der Waals surface area (Å²) in [5, 5.41) is 0.622. The molecule has 0 aliphatic heterocycles. The first kappa shape index (κ1) is 15.2. The minimum absolute atomic E-state index is 0.0742. The van der Waals surface area contributed by atoms with Gasteiger partial charge in [0.1, 0.15) is 5.01 Å². The first-order valence-electron chi connectivity index (χ1n) is 7.20. The molecule has 4 rings (SSSR count). The standard InChI is InChI=1S/C17H11N3O4S/c18-15(21)13-9(3-5-23-13)8-1-2-11-12(7-8)25-17(20-11)10-4-6-24-14(10)16(19)22/h1-7H,(H2,18,21)(H2,19,22). The maximum absolute atomic E-state index is 11.4. The van der Waals surface area contributed by atoms with Gasteiger partial charge in [0.25, 0.3) is 11.8 Å². The van der Waals surface area contributed by atoms with Crippen molar-refractivity contribution in [3.63, 3.8) is 0 Å². The van der Waals surface area contributed by atoms with E-state index in [1.807, 2.05) is 18.2 Å². The van der Waals surface area contributed by atoms with Crippen LogP contribution in [0.1, 0.15) is 21.1 Å². The summed E-state index contributed by atoms with van der Waals surface area (Å²) < 4.78 is 11.2. The number of hydrogen-bond donors (Lipinski definition) is 2. The van der Waals surface area contributed by atoms with Gasteiger partial charge in [0.15, 0.2) is 5.76 Å². The largest absolute Gasteiger partial charge is 0.459 e. The highest BCUT2D eigenvalue weighted by molar-refractivity contribution is 7.21. The molecule has 0 radical (unpaired) electrons. The topological polar surface area (TPSA) is 125 Å². The van der Waals surface area contributed by atoms with Gasteiger partial charge in [-0.3, -0.25) is 9.59 Å². The molecule has 3 aromatic heterocycles. The zero-order valence-electron chi connectivity index (χ0n) is 12.7. The van der Waals surface area contributed by atoms with Crippen molar-refractivity contribution in [2.24, 2.45) is 11.5 Å². The fourth-order valence-corrected chi connectivity index (χ4v) is 3.63. The Kier molecular flexibility index (Phi) is 3.40. The van der Waals surface area contributed by atoms with Crippen molar-refractivity contribution in [2.75, 3.05) is 0 Å². The number of fused-ring (bicyclic) bond motifs is 1. The van der Waals surface area contributed by atoms with Gasteiger partial charge in [0, 0.05) is 5.56 Å². The Hall–Kier alpha value is -3.39. The number of hydrogen-bond acceptors (Lipinski definition) is 6. The van der Waals surface area contributed by atoms with Crippen LogP contribution in [0, 0.1) is 0 Å². The van der Waals surface area contributed by atoms with Gasteiger partial charge in [-0.15, -0.1) is 11.3 Å². The van der Waals surface area contributed by atoms with E-state index >= 15 is 0 Å². The van der Waals surface area contributed by atoms with Crippen LogP contribution in [-0.4, -0.2) is 16.8 Å². The van der Waals surface area contributed by atoms with Crippen LogP contribution >= 0.6 is 11.3 Å². The average molecular weight is 353 g/mol. The highest BCUT2D eigenvalue weighted by atomic mass is 32.1. The van der Waals surface area contributed by atoms with E-state index in [2.05, 4.69) is 4.98 Å². The number of aromatic nitrogens is 1. The summed E-state index contributed by atoms with van der Waals surface area (Å²) in [5.41, 5.74) is 13.3. The van der Waals surface area contributed by atoms with Crippen molar-refractivity contribution in [3.8, 4) is 21.7 Å². The predicted octanol–water partition coefficient (Wildman–Crippen LogP) is 3.01. The fourth-order valence-electron chi connectivity index (χ4n) is 2.60.